The van der Waals surface area contributed by atoms with Crippen LogP contribution in [-0.4, -0.2) is 22.7 Å². The highest BCUT2D eigenvalue weighted by Crippen LogP contribution is 2.24. The minimum absolute atomic E-state index is 0.00287. The van der Waals surface area contributed by atoms with Gasteiger partial charge in [0.25, 0.3) is 0 Å². The lowest BCUT2D eigenvalue weighted by Crippen LogP contribution is -2.18. The summed E-state index contributed by atoms with van der Waals surface area (Å²) in [5, 5.41) is 4.20. The number of aromatic nitrogens is 2. The van der Waals surface area contributed by atoms with E-state index in [1.807, 2.05) is 27.7 Å². The molecule has 1 rings (SSSR count). The number of ketones is 1. The highest BCUT2D eigenvalue weighted by atomic mass is 16.5. The van der Waals surface area contributed by atoms with Gasteiger partial charge >= 0.3 is 0 Å². The second-order valence-corrected chi connectivity index (χ2v) is 4.27. The highest BCUT2D eigenvalue weighted by Gasteiger charge is 2.24. The largest absolute Gasteiger partial charge is 0.493 e. The Morgan fingerprint density at radius 2 is 2.12 bits per heavy atom. The van der Waals surface area contributed by atoms with E-state index in [0.29, 0.717) is 11.4 Å². The van der Waals surface area contributed by atoms with Gasteiger partial charge in [0.1, 0.15) is 5.69 Å². The normalized spacial score (nSPS) is 12.9. The van der Waals surface area contributed by atoms with Crippen molar-refractivity contribution in [2.75, 3.05) is 7.11 Å². The third-order valence-electron chi connectivity index (χ3n) is 2.76. The van der Waals surface area contributed by atoms with E-state index in [9.17, 15) is 4.79 Å². The van der Waals surface area contributed by atoms with E-state index >= 15 is 0 Å². The molecular formula is C12H20N2O2. The van der Waals surface area contributed by atoms with Gasteiger partial charge in [-0.1, -0.05) is 13.8 Å². The molecule has 0 aliphatic rings. The smallest absolute Gasteiger partial charge is 0.187 e. The third kappa shape index (κ3) is 2.26. The van der Waals surface area contributed by atoms with Crippen molar-refractivity contribution in [1.29, 1.82) is 0 Å². The average Bonchev–Trinajstić information content (AvgIpc) is 2.70. The van der Waals surface area contributed by atoms with Crippen LogP contribution < -0.4 is 4.74 Å². The monoisotopic (exact) mass is 224 g/mol. The van der Waals surface area contributed by atoms with E-state index in [1.165, 1.54) is 0 Å². The highest BCUT2D eigenvalue weighted by molar-refractivity contribution is 5.98. The summed E-state index contributed by atoms with van der Waals surface area (Å²) in [6.45, 7) is 7.93. The topological polar surface area (TPSA) is 44.1 Å². The Labute approximate surface area is 96.6 Å². The van der Waals surface area contributed by atoms with E-state index in [4.69, 9.17) is 4.74 Å². The Kier molecular flexibility index (Phi) is 4.10. The summed E-state index contributed by atoms with van der Waals surface area (Å²) >= 11 is 0. The molecule has 0 aliphatic carbocycles. The van der Waals surface area contributed by atoms with Gasteiger partial charge in [0, 0.05) is 12.0 Å². The molecule has 0 spiro atoms. The molecule has 4 heteroatoms. The molecule has 0 saturated heterocycles. The predicted molar refractivity (Wildman–Crippen MR) is 62.9 cm³/mol. The number of nitrogens with zero attached hydrogens (tertiary/aromatic N) is 2. The van der Waals surface area contributed by atoms with Crippen molar-refractivity contribution in [3.63, 3.8) is 0 Å². The molecule has 0 bridgehead atoms. The summed E-state index contributed by atoms with van der Waals surface area (Å²) in [5.74, 6) is 0.674. The Balaban J connectivity index is 3.17. The lowest BCUT2D eigenvalue weighted by atomic mass is 10.0. The Morgan fingerprint density at radius 3 is 2.56 bits per heavy atom. The first kappa shape index (κ1) is 12.7. The molecule has 0 N–H and O–H groups in total. The van der Waals surface area contributed by atoms with Gasteiger partial charge < -0.3 is 4.74 Å². The SMILES string of the molecule is CCC(C)C(=O)c1c(OC)cnn1C(C)C. The van der Waals surface area contributed by atoms with E-state index < -0.39 is 0 Å². The minimum Gasteiger partial charge on any atom is -0.493 e. The standard InChI is InChI=1S/C12H20N2O2/c1-6-9(4)12(15)11-10(16-5)7-13-14(11)8(2)3/h7-9H,6H2,1-5H3. The summed E-state index contributed by atoms with van der Waals surface area (Å²) in [5.41, 5.74) is 0.590. The molecule has 0 aliphatic heterocycles. The van der Waals surface area contributed by atoms with Crippen LogP contribution in [0.3, 0.4) is 0 Å². The van der Waals surface area contributed by atoms with Gasteiger partial charge in [0.2, 0.25) is 0 Å². The molecule has 1 aromatic heterocycles. The van der Waals surface area contributed by atoms with Gasteiger partial charge in [0.05, 0.1) is 13.3 Å². The molecule has 90 valence electrons. The van der Waals surface area contributed by atoms with Gasteiger partial charge in [0.15, 0.2) is 11.5 Å². The Morgan fingerprint density at radius 1 is 1.50 bits per heavy atom. The fourth-order valence-electron chi connectivity index (χ4n) is 1.54. The number of carbonyl (C=O) groups excluding carboxylic acids is 1. The predicted octanol–water partition coefficient (Wildman–Crippen LogP) is 2.70. The number of ether oxygens (including phenoxy) is 1. The van der Waals surface area contributed by atoms with Crippen molar-refractivity contribution >= 4 is 5.78 Å². The number of carbonyl (C=O) groups is 1. The number of Topliss-reactive ketones (excluding diaryl/α,β-unsaturated/α-hetero) is 1. The van der Waals surface area contributed by atoms with E-state index in [2.05, 4.69) is 5.10 Å². The first-order chi connectivity index (χ1) is 7.52. The molecule has 4 nitrogen and oxygen atoms in total. The quantitative estimate of drug-likeness (QED) is 0.722. The average molecular weight is 224 g/mol. The third-order valence-corrected chi connectivity index (χ3v) is 2.76. The summed E-state index contributed by atoms with van der Waals surface area (Å²) < 4.78 is 6.92. The van der Waals surface area contributed by atoms with Gasteiger partial charge in [-0.05, 0) is 20.3 Å². The second-order valence-electron chi connectivity index (χ2n) is 4.27. The maximum absolute atomic E-state index is 12.2. The number of hydrogen-bond donors (Lipinski definition) is 0. The number of rotatable bonds is 5. The summed E-state index contributed by atoms with van der Waals surface area (Å²) in [7, 11) is 1.56. The minimum atomic E-state index is 0.00287. The van der Waals surface area contributed by atoms with Crippen LogP contribution in [0.25, 0.3) is 0 Å². The van der Waals surface area contributed by atoms with Crippen molar-refractivity contribution in [2.45, 2.75) is 40.2 Å². The lowest BCUT2D eigenvalue weighted by Gasteiger charge is -2.14. The molecule has 1 unspecified atom stereocenters. The number of methoxy groups -OCH3 is 1. The maximum atomic E-state index is 12.2. The van der Waals surface area contributed by atoms with Crippen LogP contribution in [0.15, 0.2) is 6.20 Å². The van der Waals surface area contributed by atoms with Crippen LogP contribution in [0, 0.1) is 5.92 Å². The van der Waals surface area contributed by atoms with Gasteiger partial charge in [-0.3, -0.25) is 9.48 Å². The van der Waals surface area contributed by atoms with Crippen LogP contribution in [0.5, 0.6) is 5.75 Å². The maximum Gasteiger partial charge on any atom is 0.187 e. The lowest BCUT2D eigenvalue weighted by molar-refractivity contribution is 0.0911. The van der Waals surface area contributed by atoms with Crippen molar-refractivity contribution < 1.29 is 9.53 Å². The summed E-state index contributed by atoms with van der Waals surface area (Å²) in [6, 6.07) is 0.159. The van der Waals surface area contributed by atoms with Crippen LogP contribution in [-0.2, 0) is 0 Å². The van der Waals surface area contributed by atoms with Gasteiger partial charge in [-0.2, -0.15) is 5.10 Å². The van der Waals surface area contributed by atoms with Crippen LogP contribution in [0.4, 0.5) is 0 Å². The van der Waals surface area contributed by atoms with Gasteiger partial charge in [-0.25, -0.2) is 0 Å². The van der Waals surface area contributed by atoms with Crippen molar-refractivity contribution in [1.82, 2.24) is 9.78 Å². The van der Waals surface area contributed by atoms with E-state index in [0.717, 1.165) is 6.42 Å². The fourth-order valence-corrected chi connectivity index (χ4v) is 1.54. The fraction of sp³-hybridized carbons (Fsp3) is 0.667. The first-order valence-electron chi connectivity index (χ1n) is 5.68. The van der Waals surface area contributed by atoms with Crippen LogP contribution >= 0.6 is 0 Å². The first-order valence-corrected chi connectivity index (χ1v) is 5.68. The zero-order valence-corrected chi connectivity index (χ0v) is 10.7. The zero-order chi connectivity index (χ0) is 12.3. The Bertz CT molecular complexity index is 369. The van der Waals surface area contributed by atoms with Gasteiger partial charge in [-0.15, -0.1) is 0 Å². The van der Waals surface area contributed by atoms with E-state index in [1.54, 1.807) is 18.0 Å². The molecular weight excluding hydrogens is 204 g/mol. The van der Waals surface area contributed by atoms with Crippen LogP contribution in [0.1, 0.15) is 50.6 Å². The molecule has 0 radical (unpaired) electrons. The van der Waals surface area contributed by atoms with Crippen molar-refractivity contribution in [3.8, 4) is 5.75 Å². The molecule has 1 heterocycles. The molecule has 0 aromatic carbocycles. The summed E-state index contributed by atoms with van der Waals surface area (Å²) in [4.78, 5) is 12.2. The summed E-state index contributed by atoms with van der Waals surface area (Å²) in [6.07, 6.45) is 2.43. The molecule has 0 saturated carbocycles. The van der Waals surface area contributed by atoms with Crippen LogP contribution in [0.2, 0.25) is 0 Å². The van der Waals surface area contributed by atoms with E-state index in [-0.39, 0.29) is 17.7 Å². The molecule has 1 atom stereocenters. The number of hydrogen-bond acceptors (Lipinski definition) is 3. The molecule has 0 fully saturated rings. The second kappa shape index (κ2) is 5.14. The molecule has 0 amide bonds. The zero-order valence-electron chi connectivity index (χ0n) is 10.7. The van der Waals surface area contributed by atoms with Crippen molar-refractivity contribution in [3.05, 3.63) is 11.9 Å². The Hall–Kier alpha value is -1.32. The molecule has 16 heavy (non-hydrogen) atoms. The van der Waals surface area contributed by atoms with Crippen molar-refractivity contribution in [2.24, 2.45) is 5.92 Å². The molecule has 1 aromatic rings.